The number of hydrogen-bond acceptors (Lipinski definition) is 4. The van der Waals surface area contributed by atoms with Crippen molar-refractivity contribution < 1.29 is 19.1 Å². The van der Waals surface area contributed by atoms with Gasteiger partial charge in [-0.3, -0.25) is 9.59 Å². The summed E-state index contributed by atoms with van der Waals surface area (Å²) in [7, 11) is 3.05. The number of hydrogen-bond donors (Lipinski definition) is 0. The van der Waals surface area contributed by atoms with Crippen molar-refractivity contribution in [2.45, 2.75) is 56.9 Å². The number of benzene rings is 1. The van der Waals surface area contributed by atoms with Gasteiger partial charge in [0.15, 0.2) is 0 Å². The largest absolute Gasteiger partial charge is 0.497 e. The van der Waals surface area contributed by atoms with Crippen LogP contribution in [-0.4, -0.2) is 43.1 Å². The predicted molar refractivity (Wildman–Crippen MR) is 106 cm³/mol. The Hall–Kier alpha value is -2.04. The van der Waals surface area contributed by atoms with Gasteiger partial charge < -0.3 is 14.4 Å². The van der Waals surface area contributed by atoms with Crippen LogP contribution in [0.1, 0.15) is 50.5 Å². The molecule has 4 fully saturated rings. The summed E-state index contributed by atoms with van der Waals surface area (Å²) in [6, 6.07) is 7.70. The molecule has 1 amide bonds. The number of esters is 1. The van der Waals surface area contributed by atoms with E-state index in [2.05, 4.69) is 4.90 Å². The average Bonchev–Trinajstić information content (AvgIpc) is 2.67. The Kier molecular flexibility index (Phi) is 5.35. The Labute approximate surface area is 167 Å². The molecule has 0 spiro atoms. The maximum absolute atomic E-state index is 13.4. The van der Waals surface area contributed by atoms with E-state index < -0.39 is 0 Å². The van der Waals surface area contributed by atoms with E-state index >= 15 is 0 Å². The van der Waals surface area contributed by atoms with Gasteiger partial charge in [-0.25, -0.2) is 0 Å². The highest BCUT2D eigenvalue weighted by molar-refractivity contribution is 5.80. The quantitative estimate of drug-likeness (QED) is 0.673. The molecule has 1 aromatic rings. The summed E-state index contributed by atoms with van der Waals surface area (Å²) in [5.41, 5.74) is 0.936. The lowest BCUT2D eigenvalue weighted by Gasteiger charge is -2.60. The van der Waals surface area contributed by atoms with Crippen molar-refractivity contribution >= 4 is 11.9 Å². The van der Waals surface area contributed by atoms with Crippen molar-refractivity contribution in [3.05, 3.63) is 29.8 Å². The Morgan fingerprint density at radius 2 is 1.57 bits per heavy atom. The third kappa shape index (κ3) is 3.76. The van der Waals surface area contributed by atoms with E-state index in [9.17, 15) is 9.59 Å². The number of carbonyl (C=O) groups excluding carboxylic acids is 2. The van der Waals surface area contributed by atoms with Crippen LogP contribution in [0.25, 0.3) is 0 Å². The maximum Gasteiger partial charge on any atom is 0.307 e. The van der Waals surface area contributed by atoms with Gasteiger partial charge in [-0.05, 0) is 74.0 Å². The average molecular weight is 386 g/mol. The molecule has 152 valence electrons. The molecule has 0 aromatic heterocycles. The number of nitrogens with zero attached hydrogens (tertiary/aromatic N) is 1. The van der Waals surface area contributed by atoms with Crippen LogP contribution in [0.3, 0.4) is 0 Å². The normalized spacial score (nSPS) is 30.1. The number of rotatable bonds is 7. The van der Waals surface area contributed by atoms with Crippen LogP contribution in [0.4, 0.5) is 0 Å². The second kappa shape index (κ2) is 7.76. The van der Waals surface area contributed by atoms with Crippen LogP contribution in [-0.2, 0) is 20.7 Å². The fourth-order valence-electron chi connectivity index (χ4n) is 6.34. The molecular formula is C23H31NO4. The van der Waals surface area contributed by atoms with E-state index in [-0.39, 0.29) is 23.8 Å². The molecule has 28 heavy (non-hydrogen) atoms. The second-order valence-corrected chi connectivity index (χ2v) is 9.04. The maximum atomic E-state index is 13.4. The molecule has 5 rings (SSSR count). The molecular weight excluding hydrogens is 354 g/mol. The summed E-state index contributed by atoms with van der Waals surface area (Å²) < 4.78 is 10.1. The molecule has 4 bridgehead atoms. The van der Waals surface area contributed by atoms with Crippen molar-refractivity contribution in [3.63, 3.8) is 0 Å². The number of ether oxygens (including phenoxy) is 2. The van der Waals surface area contributed by atoms with E-state index in [1.165, 1.54) is 26.4 Å². The molecule has 0 N–H and O–H groups in total. The van der Waals surface area contributed by atoms with Gasteiger partial charge in [0.2, 0.25) is 5.91 Å². The minimum atomic E-state index is -0.244. The molecule has 0 radical (unpaired) electrons. The van der Waals surface area contributed by atoms with E-state index in [0.29, 0.717) is 13.0 Å². The third-order valence-corrected chi connectivity index (χ3v) is 7.16. The van der Waals surface area contributed by atoms with E-state index in [1.54, 1.807) is 7.11 Å². The van der Waals surface area contributed by atoms with Crippen molar-refractivity contribution in [1.82, 2.24) is 4.90 Å². The lowest BCUT2D eigenvalue weighted by Crippen LogP contribution is -2.62. The molecule has 4 saturated carbocycles. The fraction of sp³-hybridized carbons (Fsp3) is 0.652. The molecule has 5 nitrogen and oxygen atoms in total. The summed E-state index contributed by atoms with van der Waals surface area (Å²) in [6.45, 7) is 0.466. The first kappa shape index (κ1) is 19.3. The van der Waals surface area contributed by atoms with Crippen LogP contribution in [0.5, 0.6) is 5.75 Å². The van der Waals surface area contributed by atoms with Crippen LogP contribution in [0.15, 0.2) is 24.3 Å². The van der Waals surface area contributed by atoms with Crippen molar-refractivity contribution in [2.24, 2.45) is 17.8 Å². The van der Waals surface area contributed by atoms with Gasteiger partial charge in [0.25, 0.3) is 0 Å². The highest BCUT2D eigenvalue weighted by atomic mass is 16.5. The zero-order valence-corrected chi connectivity index (χ0v) is 17.0. The van der Waals surface area contributed by atoms with Crippen LogP contribution < -0.4 is 4.74 Å². The highest BCUT2D eigenvalue weighted by Crippen LogP contribution is 2.57. The molecule has 0 atom stereocenters. The Morgan fingerprint density at radius 3 is 2.07 bits per heavy atom. The SMILES string of the molecule is COC(=O)CCN(C(=O)Cc1ccc(OC)cc1)C12CC3CC(CC(C3)C1)C2. The molecule has 0 saturated heterocycles. The van der Waals surface area contributed by atoms with Gasteiger partial charge in [0, 0.05) is 12.1 Å². The Bertz CT molecular complexity index is 691. The van der Waals surface area contributed by atoms with Gasteiger partial charge in [-0.1, -0.05) is 12.1 Å². The highest BCUT2D eigenvalue weighted by Gasteiger charge is 2.54. The van der Waals surface area contributed by atoms with E-state index in [1.807, 2.05) is 24.3 Å². The first-order chi connectivity index (χ1) is 13.5. The predicted octanol–water partition coefficient (Wildman–Crippen LogP) is 3.60. The van der Waals surface area contributed by atoms with Gasteiger partial charge in [0.1, 0.15) is 5.75 Å². The smallest absolute Gasteiger partial charge is 0.307 e. The van der Waals surface area contributed by atoms with Crippen LogP contribution in [0.2, 0.25) is 0 Å². The second-order valence-electron chi connectivity index (χ2n) is 9.04. The number of amides is 1. The van der Waals surface area contributed by atoms with Crippen molar-refractivity contribution in [2.75, 3.05) is 20.8 Å². The topological polar surface area (TPSA) is 55.8 Å². The first-order valence-electron chi connectivity index (χ1n) is 10.5. The molecule has 0 heterocycles. The summed E-state index contributed by atoms with van der Waals surface area (Å²) in [6.07, 6.45) is 7.95. The van der Waals surface area contributed by atoms with Gasteiger partial charge in [-0.2, -0.15) is 0 Å². The Morgan fingerprint density at radius 1 is 1.00 bits per heavy atom. The summed E-state index contributed by atoms with van der Waals surface area (Å²) in [4.78, 5) is 27.3. The minimum Gasteiger partial charge on any atom is -0.497 e. The Balaban J connectivity index is 1.54. The van der Waals surface area contributed by atoms with Gasteiger partial charge in [-0.15, -0.1) is 0 Å². The zero-order chi connectivity index (χ0) is 19.7. The fourth-order valence-corrected chi connectivity index (χ4v) is 6.34. The molecule has 4 aliphatic rings. The van der Waals surface area contributed by atoms with E-state index in [4.69, 9.17) is 9.47 Å². The number of methoxy groups -OCH3 is 2. The summed E-state index contributed by atoms with van der Waals surface area (Å²) >= 11 is 0. The van der Waals surface area contributed by atoms with Gasteiger partial charge >= 0.3 is 5.97 Å². The van der Waals surface area contributed by atoms with E-state index in [0.717, 1.165) is 48.3 Å². The van der Waals surface area contributed by atoms with Crippen molar-refractivity contribution in [1.29, 1.82) is 0 Å². The minimum absolute atomic E-state index is 0.0493. The van der Waals surface area contributed by atoms with Gasteiger partial charge in [0.05, 0.1) is 27.1 Å². The standard InChI is InChI=1S/C23H31NO4/c1-27-20-5-3-16(4-6-20)12-21(25)24(8-7-22(26)28-2)23-13-17-9-18(14-23)11-19(10-17)15-23/h3-6,17-19H,7-15H2,1-2H3. The third-order valence-electron chi connectivity index (χ3n) is 7.16. The summed E-state index contributed by atoms with van der Waals surface area (Å²) in [5.74, 6) is 2.94. The lowest BCUT2D eigenvalue weighted by molar-refractivity contribution is -0.152. The number of carbonyl (C=O) groups is 2. The van der Waals surface area contributed by atoms with Crippen molar-refractivity contribution in [3.8, 4) is 5.75 Å². The molecule has 4 aliphatic carbocycles. The lowest BCUT2D eigenvalue weighted by atomic mass is 9.52. The molecule has 1 aromatic carbocycles. The van der Waals surface area contributed by atoms with Crippen LogP contribution >= 0.6 is 0 Å². The monoisotopic (exact) mass is 385 g/mol. The first-order valence-corrected chi connectivity index (χ1v) is 10.5. The van der Waals surface area contributed by atoms with Crippen LogP contribution in [0, 0.1) is 17.8 Å². The molecule has 0 aliphatic heterocycles. The molecule has 0 unspecified atom stereocenters. The summed E-state index contributed by atoms with van der Waals surface area (Å²) in [5, 5.41) is 0. The zero-order valence-electron chi connectivity index (χ0n) is 17.0. The molecule has 5 heteroatoms.